The number of carbonyl (C=O) groups is 3. The van der Waals surface area contributed by atoms with Gasteiger partial charge < -0.3 is 5.32 Å². The molecular formula is C24H23N3O3. The van der Waals surface area contributed by atoms with E-state index in [4.69, 9.17) is 0 Å². The number of amides is 3. The van der Waals surface area contributed by atoms with Gasteiger partial charge in [0.2, 0.25) is 17.7 Å². The van der Waals surface area contributed by atoms with Crippen molar-refractivity contribution in [3.05, 3.63) is 59.7 Å². The Labute approximate surface area is 174 Å². The predicted molar refractivity (Wildman–Crippen MR) is 112 cm³/mol. The van der Waals surface area contributed by atoms with Crippen LogP contribution >= 0.6 is 0 Å². The van der Waals surface area contributed by atoms with Crippen LogP contribution in [-0.2, 0) is 26.3 Å². The van der Waals surface area contributed by atoms with Crippen LogP contribution in [0.5, 0.6) is 0 Å². The molecule has 0 unspecified atom stereocenters. The van der Waals surface area contributed by atoms with Crippen LogP contribution in [0.25, 0.3) is 0 Å². The SMILES string of the molecule is CCc1cccc2c1NC(=O)[C@@]21[C@@H]2C(=O)N(c3ccccc3)C(=O)[C@@H]2[C@@H]2CCCN21. The van der Waals surface area contributed by atoms with Crippen LogP contribution in [0.15, 0.2) is 48.5 Å². The van der Waals surface area contributed by atoms with Gasteiger partial charge in [-0.15, -0.1) is 0 Å². The van der Waals surface area contributed by atoms with Crippen LogP contribution in [0.4, 0.5) is 11.4 Å². The van der Waals surface area contributed by atoms with Crippen molar-refractivity contribution in [2.75, 3.05) is 16.8 Å². The maximum atomic E-state index is 13.8. The van der Waals surface area contributed by atoms with Crippen molar-refractivity contribution in [2.24, 2.45) is 11.8 Å². The Kier molecular flexibility index (Phi) is 3.58. The lowest BCUT2D eigenvalue weighted by Gasteiger charge is -2.36. The number of para-hydroxylation sites is 2. The number of hydrogen-bond donors (Lipinski definition) is 1. The second kappa shape index (κ2) is 6.01. The molecule has 4 atom stereocenters. The minimum Gasteiger partial charge on any atom is -0.324 e. The van der Waals surface area contributed by atoms with E-state index in [2.05, 4.69) is 17.1 Å². The van der Waals surface area contributed by atoms with E-state index in [1.54, 1.807) is 12.1 Å². The largest absolute Gasteiger partial charge is 0.324 e. The summed E-state index contributed by atoms with van der Waals surface area (Å²) in [5, 5.41) is 3.10. The van der Waals surface area contributed by atoms with E-state index < -0.39 is 17.4 Å². The molecule has 6 rings (SSSR count). The van der Waals surface area contributed by atoms with Crippen LogP contribution in [0.2, 0.25) is 0 Å². The number of hydrogen-bond acceptors (Lipinski definition) is 4. The molecule has 3 amide bonds. The fourth-order valence-corrected chi connectivity index (χ4v) is 6.42. The summed E-state index contributed by atoms with van der Waals surface area (Å²) in [6, 6.07) is 15.0. The molecule has 3 fully saturated rings. The minimum absolute atomic E-state index is 0.0813. The van der Waals surface area contributed by atoms with Crippen LogP contribution in [0.3, 0.4) is 0 Å². The Morgan fingerprint density at radius 2 is 1.83 bits per heavy atom. The van der Waals surface area contributed by atoms with Gasteiger partial charge >= 0.3 is 0 Å². The molecule has 0 aromatic heterocycles. The van der Waals surface area contributed by atoms with E-state index in [9.17, 15) is 14.4 Å². The minimum atomic E-state index is -1.09. The Morgan fingerprint density at radius 1 is 1.03 bits per heavy atom. The summed E-state index contributed by atoms with van der Waals surface area (Å²) < 4.78 is 0. The molecule has 6 nitrogen and oxygen atoms in total. The quantitative estimate of drug-likeness (QED) is 0.786. The molecule has 30 heavy (non-hydrogen) atoms. The molecule has 0 saturated carbocycles. The van der Waals surface area contributed by atoms with Crippen LogP contribution < -0.4 is 10.2 Å². The van der Waals surface area contributed by atoms with Crippen molar-refractivity contribution in [3.63, 3.8) is 0 Å². The summed E-state index contributed by atoms with van der Waals surface area (Å²) in [4.78, 5) is 44.5. The fourth-order valence-electron chi connectivity index (χ4n) is 6.42. The maximum Gasteiger partial charge on any atom is 0.250 e. The van der Waals surface area contributed by atoms with Crippen molar-refractivity contribution in [1.82, 2.24) is 4.90 Å². The molecule has 4 heterocycles. The zero-order chi connectivity index (χ0) is 20.6. The smallest absolute Gasteiger partial charge is 0.250 e. The van der Waals surface area contributed by atoms with Gasteiger partial charge in [0, 0.05) is 17.3 Å². The third-order valence-electron chi connectivity index (χ3n) is 7.51. The molecule has 3 saturated heterocycles. The second-order valence-electron chi connectivity index (χ2n) is 8.67. The number of nitrogens with zero attached hydrogens (tertiary/aromatic N) is 2. The third kappa shape index (κ3) is 1.90. The van der Waals surface area contributed by atoms with Gasteiger partial charge in [-0.1, -0.05) is 43.3 Å². The van der Waals surface area contributed by atoms with Gasteiger partial charge in [-0.25, -0.2) is 4.90 Å². The molecule has 1 spiro atoms. The van der Waals surface area contributed by atoms with Crippen molar-refractivity contribution in [1.29, 1.82) is 0 Å². The summed E-state index contributed by atoms with van der Waals surface area (Å²) in [5.41, 5.74) is 2.25. The third-order valence-corrected chi connectivity index (χ3v) is 7.51. The summed E-state index contributed by atoms with van der Waals surface area (Å²) in [6.45, 7) is 2.79. The lowest BCUT2D eigenvalue weighted by Crippen LogP contribution is -2.54. The first-order chi connectivity index (χ1) is 14.6. The number of fused-ring (bicyclic) bond motifs is 7. The number of aryl methyl sites for hydroxylation is 1. The van der Waals surface area contributed by atoms with Crippen molar-refractivity contribution in [2.45, 2.75) is 37.8 Å². The lowest BCUT2D eigenvalue weighted by atomic mass is 9.75. The van der Waals surface area contributed by atoms with Gasteiger partial charge in [-0.2, -0.15) is 0 Å². The van der Waals surface area contributed by atoms with Crippen LogP contribution in [0, 0.1) is 11.8 Å². The van der Waals surface area contributed by atoms with Gasteiger partial charge in [0.15, 0.2) is 0 Å². The summed E-state index contributed by atoms with van der Waals surface area (Å²) in [5.74, 6) is -1.76. The molecule has 0 radical (unpaired) electrons. The highest BCUT2D eigenvalue weighted by molar-refractivity contribution is 6.25. The molecule has 4 aliphatic rings. The average molecular weight is 401 g/mol. The Hall–Kier alpha value is -2.99. The molecule has 2 aromatic rings. The molecular weight excluding hydrogens is 378 g/mol. The first-order valence-corrected chi connectivity index (χ1v) is 10.7. The highest BCUT2D eigenvalue weighted by Crippen LogP contribution is 2.61. The highest BCUT2D eigenvalue weighted by Gasteiger charge is 2.74. The fraction of sp³-hybridized carbons (Fsp3) is 0.375. The summed E-state index contributed by atoms with van der Waals surface area (Å²) in [7, 11) is 0. The van der Waals surface area contributed by atoms with E-state index in [-0.39, 0.29) is 23.8 Å². The highest BCUT2D eigenvalue weighted by atomic mass is 16.2. The number of rotatable bonds is 2. The van der Waals surface area contributed by atoms with Gasteiger partial charge in [0.1, 0.15) is 5.54 Å². The Balaban J connectivity index is 1.58. The molecule has 0 aliphatic carbocycles. The predicted octanol–water partition coefficient (Wildman–Crippen LogP) is 2.68. The number of imide groups is 1. The lowest BCUT2D eigenvalue weighted by molar-refractivity contribution is -0.135. The van der Waals surface area contributed by atoms with E-state index in [1.807, 2.05) is 36.4 Å². The number of nitrogens with one attached hydrogen (secondary N) is 1. The van der Waals surface area contributed by atoms with Crippen LogP contribution in [0.1, 0.15) is 30.9 Å². The van der Waals surface area contributed by atoms with Crippen molar-refractivity contribution in [3.8, 4) is 0 Å². The molecule has 2 aromatic carbocycles. The van der Waals surface area contributed by atoms with Gasteiger partial charge in [-0.05, 0) is 43.5 Å². The van der Waals surface area contributed by atoms with E-state index in [0.29, 0.717) is 5.69 Å². The zero-order valence-electron chi connectivity index (χ0n) is 16.8. The standard InChI is InChI=1S/C24H23N3O3/c1-2-14-8-6-11-16-20(14)25-23(30)24(16)19-18(17-12-7-13-26(17)24)21(28)27(22(19)29)15-9-4-3-5-10-15/h3-6,8-11,17-19H,2,7,12-13H2,1H3,(H,25,30)/t17-,18+,19-,24-/m0/s1. The van der Waals surface area contributed by atoms with Gasteiger partial charge in [0.05, 0.1) is 17.5 Å². The molecule has 0 bridgehead atoms. The number of benzene rings is 2. The van der Waals surface area contributed by atoms with Gasteiger partial charge in [0.25, 0.3) is 0 Å². The first-order valence-electron chi connectivity index (χ1n) is 10.7. The van der Waals surface area contributed by atoms with Crippen molar-refractivity contribution >= 4 is 29.1 Å². The molecule has 4 aliphatic heterocycles. The van der Waals surface area contributed by atoms with Crippen LogP contribution in [-0.4, -0.2) is 35.2 Å². The zero-order valence-corrected chi connectivity index (χ0v) is 16.8. The first kappa shape index (κ1) is 17.8. The molecule has 1 N–H and O–H groups in total. The summed E-state index contributed by atoms with van der Waals surface area (Å²) in [6.07, 6.45) is 2.55. The number of carbonyl (C=O) groups excluding carboxylic acids is 3. The monoisotopic (exact) mass is 401 g/mol. The van der Waals surface area contributed by atoms with E-state index >= 15 is 0 Å². The molecule has 152 valence electrons. The van der Waals surface area contributed by atoms with Gasteiger partial charge in [-0.3, -0.25) is 19.3 Å². The van der Waals surface area contributed by atoms with E-state index in [0.717, 1.165) is 42.6 Å². The summed E-state index contributed by atoms with van der Waals surface area (Å²) >= 11 is 0. The average Bonchev–Trinajstić information content (AvgIpc) is 3.46. The maximum absolute atomic E-state index is 13.8. The van der Waals surface area contributed by atoms with E-state index in [1.165, 1.54) is 4.90 Å². The topological polar surface area (TPSA) is 69.7 Å². The second-order valence-corrected chi connectivity index (χ2v) is 8.67. The van der Waals surface area contributed by atoms with Crippen molar-refractivity contribution < 1.29 is 14.4 Å². The Bertz CT molecular complexity index is 1100. The Morgan fingerprint density at radius 3 is 2.60 bits per heavy atom. The normalized spacial score (nSPS) is 32.0. The molecule has 6 heteroatoms. The number of anilines is 2.